The van der Waals surface area contributed by atoms with Crippen molar-refractivity contribution in [2.45, 2.75) is 19.8 Å². The number of aryl methyl sites for hydroxylation is 2. The van der Waals surface area contributed by atoms with Gasteiger partial charge in [0.1, 0.15) is 11.5 Å². The molecule has 0 fully saturated rings. The quantitative estimate of drug-likeness (QED) is 0.452. The fourth-order valence-corrected chi connectivity index (χ4v) is 2.93. The predicted molar refractivity (Wildman–Crippen MR) is 105 cm³/mol. The van der Waals surface area contributed by atoms with Crippen LogP contribution in [-0.2, 0) is 6.42 Å². The molecule has 7 nitrogen and oxygen atoms in total. The van der Waals surface area contributed by atoms with Crippen molar-refractivity contribution in [2.75, 3.05) is 13.6 Å². The average Bonchev–Trinajstić information content (AvgIpc) is 3.17. The monoisotopic (exact) mass is 379 g/mol. The van der Waals surface area contributed by atoms with Crippen LogP contribution in [0.1, 0.15) is 28.1 Å². The van der Waals surface area contributed by atoms with Crippen LogP contribution in [0.15, 0.2) is 59.1 Å². The minimum absolute atomic E-state index is 0.0469. The van der Waals surface area contributed by atoms with E-state index in [1.54, 1.807) is 31.0 Å². The Labute approximate surface area is 162 Å². The summed E-state index contributed by atoms with van der Waals surface area (Å²) in [5.74, 6) is 0.510. The zero-order chi connectivity index (χ0) is 20.1. The molecule has 0 aliphatic rings. The third-order valence-corrected chi connectivity index (χ3v) is 4.54. The van der Waals surface area contributed by atoms with Crippen molar-refractivity contribution in [1.29, 1.82) is 0 Å². The van der Waals surface area contributed by atoms with E-state index < -0.39 is 4.92 Å². The van der Waals surface area contributed by atoms with Crippen molar-refractivity contribution in [1.82, 2.24) is 10.1 Å². The fraction of sp³-hybridized carbons (Fsp3) is 0.238. The smallest absolute Gasteiger partial charge is 0.273 e. The highest BCUT2D eigenvalue weighted by molar-refractivity contribution is 5.94. The standard InChI is InChI=1S/C21H21N3O4/c1-15-10-11-17(13-20(15)24(26)27)21(25)23(2)12-6-9-18-14-19(22-28-18)16-7-4-3-5-8-16/h3-5,7-8,10-11,13-14H,6,9,12H2,1-2H3. The van der Waals surface area contributed by atoms with Gasteiger partial charge >= 0.3 is 0 Å². The van der Waals surface area contributed by atoms with Crippen LogP contribution in [0.2, 0.25) is 0 Å². The van der Waals surface area contributed by atoms with E-state index in [-0.39, 0.29) is 11.6 Å². The summed E-state index contributed by atoms with van der Waals surface area (Å²) >= 11 is 0. The summed E-state index contributed by atoms with van der Waals surface area (Å²) in [6.07, 6.45) is 1.34. The van der Waals surface area contributed by atoms with Crippen LogP contribution in [0, 0.1) is 17.0 Å². The van der Waals surface area contributed by atoms with E-state index in [2.05, 4.69) is 5.16 Å². The molecule has 3 rings (SSSR count). The van der Waals surface area contributed by atoms with Crippen LogP contribution in [0.3, 0.4) is 0 Å². The SMILES string of the molecule is Cc1ccc(C(=O)N(C)CCCc2cc(-c3ccccc3)no2)cc1[N+](=O)[O-]. The summed E-state index contributed by atoms with van der Waals surface area (Å²) in [6.45, 7) is 2.15. The van der Waals surface area contributed by atoms with Gasteiger partial charge in [-0.3, -0.25) is 14.9 Å². The summed E-state index contributed by atoms with van der Waals surface area (Å²) in [4.78, 5) is 24.7. The topological polar surface area (TPSA) is 89.5 Å². The number of amides is 1. The van der Waals surface area contributed by atoms with Crippen molar-refractivity contribution in [3.63, 3.8) is 0 Å². The molecule has 1 heterocycles. The molecule has 1 aromatic heterocycles. The normalized spacial score (nSPS) is 10.6. The molecule has 0 saturated heterocycles. The Morgan fingerprint density at radius 3 is 2.64 bits per heavy atom. The first-order chi connectivity index (χ1) is 13.5. The maximum Gasteiger partial charge on any atom is 0.273 e. The van der Waals surface area contributed by atoms with E-state index in [9.17, 15) is 14.9 Å². The van der Waals surface area contributed by atoms with Crippen LogP contribution in [0.5, 0.6) is 0 Å². The van der Waals surface area contributed by atoms with Gasteiger partial charge in [0.15, 0.2) is 0 Å². The molecular weight excluding hydrogens is 358 g/mol. The van der Waals surface area contributed by atoms with Crippen molar-refractivity contribution in [3.8, 4) is 11.3 Å². The van der Waals surface area contributed by atoms with E-state index in [1.165, 1.54) is 6.07 Å². The fourth-order valence-electron chi connectivity index (χ4n) is 2.93. The van der Waals surface area contributed by atoms with Crippen LogP contribution < -0.4 is 0 Å². The highest BCUT2D eigenvalue weighted by Crippen LogP contribution is 2.21. The minimum Gasteiger partial charge on any atom is -0.361 e. The van der Waals surface area contributed by atoms with E-state index in [0.717, 1.165) is 17.0 Å². The Hall–Kier alpha value is -3.48. The Morgan fingerprint density at radius 2 is 1.93 bits per heavy atom. The predicted octanol–water partition coefficient (Wildman–Crippen LogP) is 4.26. The first-order valence-electron chi connectivity index (χ1n) is 8.97. The van der Waals surface area contributed by atoms with Crippen molar-refractivity contribution >= 4 is 11.6 Å². The largest absolute Gasteiger partial charge is 0.361 e. The lowest BCUT2D eigenvalue weighted by molar-refractivity contribution is -0.385. The summed E-state index contributed by atoms with van der Waals surface area (Å²) in [5.41, 5.74) is 2.57. The molecule has 1 amide bonds. The van der Waals surface area contributed by atoms with E-state index in [1.807, 2.05) is 36.4 Å². The summed E-state index contributed by atoms with van der Waals surface area (Å²) < 4.78 is 5.37. The Kier molecular flexibility index (Phi) is 5.84. The van der Waals surface area contributed by atoms with Gasteiger partial charge in [0, 0.05) is 48.8 Å². The first kappa shape index (κ1) is 19.3. The molecule has 0 bridgehead atoms. The third-order valence-electron chi connectivity index (χ3n) is 4.54. The summed E-state index contributed by atoms with van der Waals surface area (Å²) in [7, 11) is 1.68. The molecule has 0 spiro atoms. The second-order valence-corrected chi connectivity index (χ2v) is 6.63. The number of nitrogens with zero attached hydrogens (tertiary/aromatic N) is 3. The zero-order valence-electron chi connectivity index (χ0n) is 15.8. The molecule has 0 atom stereocenters. The first-order valence-corrected chi connectivity index (χ1v) is 8.97. The molecule has 3 aromatic rings. The Balaban J connectivity index is 1.57. The minimum atomic E-state index is -0.472. The number of hydrogen-bond acceptors (Lipinski definition) is 5. The average molecular weight is 379 g/mol. The molecule has 0 saturated carbocycles. The molecule has 144 valence electrons. The van der Waals surface area contributed by atoms with Crippen LogP contribution in [0.4, 0.5) is 5.69 Å². The summed E-state index contributed by atoms with van der Waals surface area (Å²) in [6, 6.07) is 16.2. The lowest BCUT2D eigenvalue weighted by atomic mass is 10.1. The number of benzene rings is 2. The van der Waals surface area contributed by atoms with E-state index in [0.29, 0.717) is 30.5 Å². The lowest BCUT2D eigenvalue weighted by Crippen LogP contribution is -2.28. The van der Waals surface area contributed by atoms with Gasteiger partial charge in [-0.25, -0.2) is 0 Å². The molecule has 0 aliphatic heterocycles. The zero-order valence-corrected chi connectivity index (χ0v) is 15.8. The van der Waals surface area contributed by atoms with Gasteiger partial charge in [-0.1, -0.05) is 41.6 Å². The highest BCUT2D eigenvalue weighted by Gasteiger charge is 2.17. The third kappa shape index (κ3) is 4.43. The van der Waals surface area contributed by atoms with Gasteiger partial charge in [0.05, 0.1) is 4.92 Å². The molecular formula is C21H21N3O4. The number of rotatable bonds is 7. The highest BCUT2D eigenvalue weighted by atomic mass is 16.6. The maximum atomic E-state index is 12.5. The van der Waals surface area contributed by atoms with Gasteiger partial charge in [0.2, 0.25) is 0 Å². The van der Waals surface area contributed by atoms with Crippen LogP contribution >= 0.6 is 0 Å². The molecule has 28 heavy (non-hydrogen) atoms. The Bertz CT molecular complexity index is 982. The molecule has 0 radical (unpaired) electrons. The van der Waals surface area contributed by atoms with Crippen LogP contribution in [-0.4, -0.2) is 34.5 Å². The number of aromatic nitrogens is 1. The second kappa shape index (κ2) is 8.47. The van der Waals surface area contributed by atoms with Gasteiger partial charge < -0.3 is 9.42 Å². The van der Waals surface area contributed by atoms with Gasteiger partial charge in [0.25, 0.3) is 11.6 Å². The van der Waals surface area contributed by atoms with Crippen molar-refractivity contribution < 1.29 is 14.2 Å². The van der Waals surface area contributed by atoms with Crippen molar-refractivity contribution in [2.24, 2.45) is 0 Å². The number of nitro groups is 1. The molecule has 0 unspecified atom stereocenters. The summed E-state index contributed by atoms with van der Waals surface area (Å²) in [5, 5.41) is 15.1. The number of carbonyl (C=O) groups is 1. The molecule has 2 aromatic carbocycles. The van der Waals surface area contributed by atoms with E-state index >= 15 is 0 Å². The number of hydrogen-bond donors (Lipinski definition) is 0. The Morgan fingerprint density at radius 1 is 1.18 bits per heavy atom. The maximum absolute atomic E-state index is 12.5. The van der Waals surface area contributed by atoms with Crippen LogP contribution in [0.25, 0.3) is 11.3 Å². The lowest BCUT2D eigenvalue weighted by Gasteiger charge is -2.16. The van der Waals surface area contributed by atoms with Gasteiger partial charge in [-0.2, -0.15) is 0 Å². The van der Waals surface area contributed by atoms with Crippen molar-refractivity contribution in [3.05, 3.63) is 81.6 Å². The number of nitro benzene ring substituents is 1. The van der Waals surface area contributed by atoms with Gasteiger partial charge in [-0.15, -0.1) is 0 Å². The molecule has 0 aliphatic carbocycles. The molecule has 0 N–H and O–H groups in total. The van der Waals surface area contributed by atoms with E-state index in [4.69, 9.17) is 4.52 Å². The molecule has 7 heteroatoms. The number of carbonyl (C=O) groups excluding carboxylic acids is 1. The van der Waals surface area contributed by atoms with Gasteiger partial charge in [-0.05, 0) is 19.4 Å². The second-order valence-electron chi connectivity index (χ2n) is 6.63.